The van der Waals surface area contributed by atoms with E-state index in [1.54, 1.807) is 6.07 Å². The highest BCUT2D eigenvalue weighted by molar-refractivity contribution is 7.92. The molecule has 0 spiro atoms. The third kappa shape index (κ3) is 2.69. The molecule has 6 nitrogen and oxygen atoms in total. The number of rotatable bonds is 3. The summed E-state index contributed by atoms with van der Waals surface area (Å²) in [4.78, 5) is 7.49. The zero-order valence-electron chi connectivity index (χ0n) is 9.04. The van der Waals surface area contributed by atoms with Crippen LogP contribution in [0.4, 0.5) is 11.5 Å². The normalized spacial score (nSPS) is 11.2. The van der Waals surface area contributed by atoms with Crippen molar-refractivity contribution in [1.29, 1.82) is 0 Å². The maximum atomic E-state index is 12.0. The topological polar surface area (TPSA) is 98.0 Å². The molecule has 0 amide bonds. The third-order valence-corrected chi connectivity index (χ3v) is 3.72. The summed E-state index contributed by atoms with van der Waals surface area (Å²) in [5.41, 5.74) is 5.59. The zero-order chi connectivity index (χ0) is 13.2. The average molecular weight is 285 g/mol. The van der Waals surface area contributed by atoms with Gasteiger partial charge in [-0.25, -0.2) is 18.4 Å². The summed E-state index contributed by atoms with van der Waals surface area (Å²) in [5, 5.41) is 0.0736. The minimum Gasteiger partial charge on any atom is -0.384 e. The number of aromatic nitrogens is 2. The van der Waals surface area contributed by atoms with Crippen molar-refractivity contribution < 1.29 is 8.42 Å². The van der Waals surface area contributed by atoms with Crippen molar-refractivity contribution >= 4 is 33.1 Å². The van der Waals surface area contributed by atoms with Crippen molar-refractivity contribution in [2.75, 3.05) is 10.5 Å². The fourth-order valence-electron chi connectivity index (χ4n) is 1.22. The monoisotopic (exact) mass is 284 g/mol. The van der Waals surface area contributed by atoms with Crippen LogP contribution in [0.15, 0.2) is 41.6 Å². The van der Waals surface area contributed by atoms with Gasteiger partial charge in [-0.05, 0) is 24.3 Å². The summed E-state index contributed by atoms with van der Waals surface area (Å²) in [7, 11) is -3.75. The van der Waals surface area contributed by atoms with E-state index < -0.39 is 10.0 Å². The number of nitrogen functional groups attached to an aromatic ring is 1. The van der Waals surface area contributed by atoms with Crippen LogP contribution in [0.25, 0.3) is 0 Å². The van der Waals surface area contributed by atoms with E-state index in [4.69, 9.17) is 17.3 Å². The van der Waals surface area contributed by atoms with E-state index >= 15 is 0 Å². The lowest BCUT2D eigenvalue weighted by Crippen LogP contribution is -2.13. The first-order chi connectivity index (χ1) is 8.49. The molecule has 0 unspecified atom stereocenters. The molecule has 0 fully saturated rings. The standard InChI is InChI=1S/C10H9ClN4O2S/c11-10-8(2-1-5-13-10)15-18(16,17)7-3-4-9(12)14-6-7/h1-6,15H,(H2,12,14). The van der Waals surface area contributed by atoms with Gasteiger partial charge in [0.1, 0.15) is 10.7 Å². The molecule has 0 saturated carbocycles. The van der Waals surface area contributed by atoms with Crippen molar-refractivity contribution in [3.63, 3.8) is 0 Å². The number of hydrogen-bond acceptors (Lipinski definition) is 5. The summed E-state index contributed by atoms with van der Waals surface area (Å²) >= 11 is 5.77. The molecule has 0 aromatic carbocycles. The van der Waals surface area contributed by atoms with Gasteiger partial charge < -0.3 is 5.73 Å². The number of anilines is 2. The summed E-state index contributed by atoms with van der Waals surface area (Å²) in [6, 6.07) is 5.84. The van der Waals surface area contributed by atoms with E-state index in [1.165, 1.54) is 30.6 Å². The molecule has 0 aliphatic rings. The van der Waals surface area contributed by atoms with Crippen LogP contribution in [0, 0.1) is 0 Å². The van der Waals surface area contributed by atoms with Crippen molar-refractivity contribution in [1.82, 2.24) is 9.97 Å². The van der Waals surface area contributed by atoms with E-state index in [-0.39, 0.29) is 21.6 Å². The Morgan fingerprint density at radius 3 is 2.61 bits per heavy atom. The lowest BCUT2D eigenvalue weighted by Gasteiger charge is -2.08. The molecule has 94 valence electrons. The van der Waals surface area contributed by atoms with E-state index in [1.807, 2.05) is 0 Å². The Bertz CT molecular complexity index is 658. The Morgan fingerprint density at radius 2 is 2.00 bits per heavy atom. The number of pyridine rings is 2. The molecule has 2 aromatic rings. The highest BCUT2D eigenvalue weighted by Gasteiger charge is 2.16. The average Bonchev–Trinajstić information content (AvgIpc) is 2.32. The van der Waals surface area contributed by atoms with E-state index in [9.17, 15) is 8.42 Å². The van der Waals surface area contributed by atoms with Gasteiger partial charge in [0.25, 0.3) is 10.0 Å². The minimum atomic E-state index is -3.75. The van der Waals surface area contributed by atoms with Crippen LogP contribution in [0.1, 0.15) is 0 Å². The number of nitrogens with two attached hydrogens (primary N) is 1. The first-order valence-electron chi connectivity index (χ1n) is 4.84. The van der Waals surface area contributed by atoms with Gasteiger partial charge in [0.05, 0.1) is 5.69 Å². The zero-order valence-corrected chi connectivity index (χ0v) is 10.6. The molecule has 2 heterocycles. The van der Waals surface area contributed by atoms with Crippen molar-refractivity contribution in [3.8, 4) is 0 Å². The molecule has 3 N–H and O–H groups in total. The fourth-order valence-corrected chi connectivity index (χ4v) is 2.45. The second kappa shape index (κ2) is 4.79. The Kier molecular flexibility index (Phi) is 3.35. The molecular weight excluding hydrogens is 276 g/mol. The molecule has 0 aliphatic heterocycles. The first kappa shape index (κ1) is 12.6. The number of halogens is 1. The molecule has 0 atom stereocenters. The van der Waals surface area contributed by atoms with Crippen LogP contribution in [-0.2, 0) is 10.0 Å². The Hall–Kier alpha value is -1.86. The lowest BCUT2D eigenvalue weighted by molar-refractivity contribution is 0.601. The third-order valence-electron chi connectivity index (χ3n) is 2.07. The van der Waals surface area contributed by atoms with Crippen LogP contribution in [0.3, 0.4) is 0 Å². The van der Waals surface area contributed by atoms with Gasteiger partial charge in [-0.1, -0.05) is 11.6 Å². The smallest absolute Gasteiger partial charge is 0.263 e. The lowest BCUT2D eigenvalue weighted by atomic mass is 10.4. The van der Waals surface area contributed by atoms with Crippen LogP contribution in [-0.4, -0.2) is 18.4 Å². The van der Waals surface area contributed by atoms with Gasteiger partial charge >= 0.3 is 0 Å². The quantitative estimate of drug-likeness (QED) is 0.833. The van der Waals surface area contributed by atoms with Crippen LogP contribution < -0.4 is 10.5 Å². The largest absolute Gasteiger partial charge is 0.384 e. The van der Waals surface area contributed by atoms with E-state index in [2.05, 4.69) is 14.7 Å². The fraction of sp³-hybridized carbons (Fsp3) is 0. The number of sulfonamides is 1. The molecule has 18 heavy (non-hydrogen) atoms. The second-order valence-electron chi connectivity index (χ2n) is 3.37. The van der Waals surface area contributed by atoms with Gasteiger partial charge in [-0.15, -0.1) is 0 Å². The molecule has 0 bridgehead atoms. The van der Waals surface area contributed by atoms with Gasteiger partial charge in [0.2, 0.25) is 0 Å². The highest BCUT2D eigenvalue weighted by Crippen LogP contribution is 2.21. The van der Waals surface area contributed by atoms with E-state index in [0.717, 1.165) is 0 Å². The molecule has 8 heteroatoms. The SMILES string of the molecule is Nc1ccc(S(=O)(=O)Nc2cccnc2Cl)cn1. The maximum Gasteiger partial charge on any atom is 0.263 e. The Balaban J connectivity index is 2.33. The molecular formula is C10H9ClN4O2S. The second-order valence-corrected chi connectivity index (χ2v) is 5.41. The van der Waals surface area contributed by atoms with Crippen LogP contribution >= 0.6 is 11.6 Å². The first-order valence-corrected chi connectivity index (χ1v) is 6.70. The molecule has 0 saturated heterocycles. The molecule has 0 aliphatic carbocycles. The predicted molar refractivity (Wildman–Crippen MR) is 68.7 cm³/mol. The highest BCUT2D eigenvalue weighted by atomic mass is 35.5. The maximum absolute atomic E-state index is 12.0. The van der Waals surface area contributed by atoms with E-state index in [0.29, 0.717) is 0 Å². The predicted octanol–water partition coefficient (Wildman–Crippen LogP) is 1.51. The molecule has 2 rings (SSSR count). The minimum absolute atomic E-state index is 0.00313. The van der Waals surface area contributed by atoms with Crippen molar-refractivity contribution in [2.45, 2.75) is 4.90 Å². The Morgan fingerprint density at radius 1 is 1.22 bits per heavy atom. The number of nitrogens with one attached hydrogen (secondary N) is 1. The molecule has 0 radical (unpaired) electrons. The summed E-state index contributed by atoms with van der Waals surface area (Å²) < 4.78 is 26.3. The summed E-state index contributed by atoms with van der Waals surface area (Å²) in [5.74, 6) is 0.244. The summed E-state index contributed by atoms with van der Waals surface area (Å²) in [6.07, 6.45) is 2.63. The number of nitrogens with zero attached hydrogens (tertiary/aromatic N) is 2. The van der Waals surface area contributed by atoms with Gasteiger partial charge in [0, 0.05) is 12.4 Å². The van der Waals surface area contributed by atoms with Gasteiger partial charge in [0.15, 0.2) is 5.15 Å². The van der Waals surface area contributed by atoms with Gasteiger partial charge in [-0.3, -0.25) is 4.72 Å². The van der Waals surface area contributed by atoms with Crippen molar-refractivity contribution in [2.24, 2.45) is 0 Å². The molecule has 2 aromatic heterocycles. The number of hydrogen-bond donors (Lipinski definition) is 2. The van der Waals surface area contributed by atoms with Crippen LogP contribution in [0.5, 0.6) is 0 Å². The van der Waals surface area contributed by atoms with Crippen LogP contribution in [0.2, 0.25) is 5.15 Å². The summed E-state index contributed by atoms with van der Waals surface area (Å²) in [6.45, 7) is 0. The Labute approximate surface area is 109 Å². The van der Waals surface area contributed by atoms with Gasteiger partial charge in [-0.2, -0.15) is 0 Å². The van der Waals surface area contributed by atoms with Crippen molar-refractivity contribution in [3.05, 3.63) is 41.8 Å².